The molecule has 1 atom stereocenters. The standard InChI is InChI=1S/C12H23NO3/c1-12(2,6-4-7-14)9-13-11(15)10-5-3-8-16-10/h10,14H,3-9H2,1-2H3,(H,13,15)/t10-/m0/s1. The third kappa shape index (κ3) is 4.49. The molecule has 0 unspecified atom stereocenters. The molecule has 0 aromatic carbocycles. The molecule has 0 aliphatic carbocycles. The molecule has 1 aliphatic heterocycles. The molecule has 0 aromatic heterocycles. The summed E-state index contributed by atoms with van der Waals surface area (Å²) in [6.07, 6.45) is 3.26. The minimum absolute atomic E-state index is 0.00886. The van der Waals surface area contributed by atoms with Crippen LogP contribution in [0.1, 0.15) is 39.5 Å². The minimum Gasteiger partial charge on any atom is -0.396 e. The van der Waals surface area contributed by atoms with E-state index in [9.17, 15) is 4.79 Å². The number of carbonyl (C=O) groups excluding carboxylic acids is 1. The lowest BCUT2D eigenvalue weighted by atomic mass is 9.88. The Morgan fingerprint density at radius 1 is 1.56 bits per heavy atom. The van der Waals surface area contributed by atoms with Crippen LogP contribution in [0.2, 0.25) is 0 Å². The smallest absolute Gasteiger partial charge is 0.249 e. The van der Waals surface area contributed by atoms with Crippen molar-refractivity contribution in [2.75, 3.05) is 19.8 Å². The molecule has 0 radical (unpaired) electrons. The average molecular weight is 229 g/mol. The van der Waals surface area contributed by atoms with Crippen LogP contribution >= 0.6 is 0 Å². The predicted molar refractivity (Wildman–Crippen MR) is 62.1 cm³/mol. The van der Waals surface area contributed by atoms with E-state index in [0.717, 1.165) is 25.7 Å². The Bertz CT molecular complexity index is 222. The predicted octanol–water partition coefficient (Wildman–Crippen LogP) is 1.08. The summed E-state index contributed by atoms with van der Waals surface area (Å²) < 4.78 is 5.31. The van der Waals surface area contributed by atoms with Crippen molar-refractivity contribution in [2.45, 2.75) is 45.6 Å². The van der Waals surface area contributed by atoms with Gasteiger partial charge in [-0.15, -0.1) is 0 Å². The fraction of sp³-hybridized carbons (Fsp3) is 0.917. The molecule has 4 heteroatoms. The third-order valence-corrected chi connectivity index (χ3v) is 2.97. The summed E-state index contributed by atoms with van der Waals surface area (Å²) in [7, 11) is 0. The quantitative estimate of drug-likeness (QED) is 0.716. The van der Waals surface area contributed by atoms with Crippen molar-refractivity contribution in [1.29, 1.82) is 0 Å². The van der Waals surface area contributed by atoms with Crippen molar-refractivity contribution >= 4 is 5.91 Å². The van der Waals surface area contributed by atoms with Crippen molar-refractivity contribution < 1.29 is 14.6 Å². The van der Waals surface area contributed by atoms with Gasteiger partial charge in [0.25, 0.3) is 0 Å². The lowest BCUT2D eigenvalue weighted by Crippen LogP contribution is -2.39. The van der Waals surface area contributed by atoms with Gasteiger partial charge in [-0.1, -0.05) is 13.8 Å². The van der Waals surface area contributed by atoms with Crippen LogP contribution < -0.4 is 5.32 Å². The minimum atomic E-state index is -0.242. The maximum Gasteiger partial charge on any atom is 0.249 e. The molecule has 0 aromatic rings. The van der Waals surface area contributed by atoms with E-state index in [1.807, 2.05) is 0 Å². The molecular formula is C12H23NO3. The summed E-state index contributed by atoms with van der Waals surface area (Å²) in [5.74, 6) is 0.00886. The number of hydrogen-bond acceptors (Lipinski definition) is 3. The Hall–Kier alpha value is -0.610. The molecular weight excluding hydrogens is 206 g/mol. The van der Waals surface area contributed by atoms with Crippen LogP contribution in [0.3, 0.4) is 0 Å². The molecule has 1 amide bonds. The van der Waals surface area contributed by atoms with Crippen molar-refractivity contribution in [3.05, 3.63) is 0 Å². The zero-order valence-electron chi connectivity index (χ0n) is 10.3. The highest BCUT2D eigenvalue weighted by Gasteiger charge is 2.25. The molecule has 1 aliphatic rings. The van der Waals surface area contributed by atoms with Crippen molar-refractivity contribution in [2.24, 2.45) is 5.41 Å². The van der Waals surface area contributed by atoms with Gasteiger partial charge in [-0.3, -0.25) is 4.79 Å². The van der Waals surface area contributed by atoms with Crippen molar-refractivity contribution in [1.82, 2.24) is 5.32 Å². The first-order chi connectivity index (χ1) is 7.55. The van der Waals surface area contributed by atoms with Gasteiger partial charge < -0.3 is 15.2 Å². The van der Waals surface area contributed by atoms with Gasteiger partial charge in [-0.25, -0.2) is 0 Å². The van der Waals surface area contributed by atoms with E-state index in [0.29, 0.717) is 13.2 Å². The molecule has 1 rings (SSSR count). The molecule has 0 spiro atoms. The number of rotatable bonds is 6. The van der Waals surface area contributed by atoms with E-state index in [4.69, 9.17) is 9.84 Å². The lowest BCUT2D eigenvalue weighted by molar-refractivity contribution is -0.130. The highest BCUT2D eigenvalue weighted by Crippen LogP contribution is 2.21. The maximum absolute atomic E-state index is 11.7. The molecule has 94 valence electrons. The first-order valence-corrected chi connectivity index (χ1v) is 6.05. The Morgan fingerprint density at radius 3 is 2.88 bits per heavy atom. The molecule has 2 N–H and O–H groups in total. The summed E-state index contributed by atoms with van der Waals surface area (Å²) in [5.41, 5.74) is 0.0387. The van der Waals surface area contributed by atoms with Crippen molar-refractivity contribution in [3.8, 4) is 0 Å². The largest absolute Gasteiger partial charge is 0.396 e. The van der Waals surface area contributed by atoms with E-state index in [1.165, 1.54) is 0 Å². The van der Waals surface area contributed by atoms with Crippen LogP contribution in [-0.2, 0) is 9.53 Å². The summed E-state index contributed by atoms with van der Waals surface area (Å²) in [6.45, 7) is 5.75. The summed E-state index contributed by atoms with van der Waals surface area (Å²) in [5, 5.41) is 11.7. The van der Waals surface area contributed by atoms with E-state index in [2.05, 4.69) is 19.2 Å². The first kappa shape index (κ1) is 13.5. The van der Waals surface area contributed by atoms with Gasteiger partial charge >= 0.3 is 0 Å². The Morgan fingerprint density at radius 2 is 2.31 bits per heavy atom. The van der Waals surface area contributed by atoms with Crippen LogP contribution in [0.25, 0.3) is 0 Å². The van der Waals surface area contributed by atoms with Gasteiger partial charge in [0.2, 0.25) is 5.91 Å². The molecule has 16 heavy (non-hydrogen) atoms. The highest BCUT2D eigenvalue weighted by atomic mass is 16.5. The van der Waals surface area contributed by atoms with Crippen molar-refractivity contribution in [3.63, 3.8) is 0 Å². The number of ether oxygens (including phenoxy) is 1. The first-order valence-electron chi connectivity index (χ1n) is 6.05. The lowest BCUT2D eigenvalue weighted by Gasteiger charge is -2.25. The molecule has 1 saturated heterocycles. The fourth-order valence-electron chi connectivity index (χ4n) is 1.87. The topological polar surface area (TPSA) is 58.6 Å². The monoisotopic (exact) mass is 229 g/mol. The van der Waals surface area contributed by atoms with Gasteiger partial charge in [0.15, 0.2) is 0 Å². The highest BCUT2D eigenvalue weighted by molar-refractivity contribution is 5.80. The Labute approximate surface area is 97.4 Å². The van der Waals surface area contributed by atoms with Crippen LogP contribution in [0, 0.1) is 5.41 Å². The van der Waals surface area contributed by atoms with Crippen LogP contribution in [0.5, 0.6) is 0 Å². The summed E-state index contributed by atoms with van der Waals surface area (Å²) in [4.78, 5) is 11.7. The number of carbonyl (C=O) groups is 1. The van der Waals surface area contributed by atoms with Gasteiger partial charge in [0.05, 0.1) is 0 Å². The molecule has 0 saturated carbocycles. The summed E-state index contributed by atoms with van der Waals surface area (Å²) >= 11 is 0. The molecule has 0 bridgehead atoms. The Kier molecular flexibility index (Phi) is 5.22. The third-order valence-electron chi connectivity index (χ3n) is 2.97. The SMILES string of the molecule is CC(C)(CCCO)CNC(=O)[C@@H]1CCCO1. The van der Waals surface area contributed by atoms with Crippen LogP contribution in [0.15, 0.2) is 0 Å². The summed E-state index contributed by atoms with van der Waals surface area (Å²) in [6, 6.07) is 0. The molecule has 4 nitrogen and oxygen atoms in total. The van der Waals surface area contributed by atoms with Gasteiger partial charge in [-0.05, 0) is 31.1 Å². The second-order valence-electron chi connectivity index (χ2n) is 5.21. The number of nitrogens with one attached hydrogen (secondary N) is 1. The number of hydrogen-bond donors (Lipinski definition) is 2. The second-order valence-corrected chi connectivity index (χ2v) is 5.21. The average Bonchev–Trinajstić information content (AvgIpc) is 2.77. The normalized spacial score (nSPS) is 21.1. The zero-order valence-corrected chi connectivity index (χ0v) is 10.3. The second kappa shape index (κ2) is 6.21. The maximum atomic E-state index is 11.7. The van der Waals surface area contributed by atoms with E-state index < -0.39 is 0 Å². The van der Waals surface area contributed by atoms with Gasteiger partial charge in [0.1, 0.15) is 6.10 Å². The van der Waals surface area contributed by atoms with E-state index >= 15 is 0 Å². The number of amides is 1. The number of aliphatic hydroxyl groups is 1. The van der Waals surface area contributed by atoms with Gasteiger partial charge in [-0.2, -0.15) is 0 Å². The fourth-order valence-corrected chi connectivity index (χ4v) is 1.87. The molecule has 1 heterocycles. The molecule has 1 fully saturated rings. The number of aliphatic hydroxyl groups excluding tert-OH is 1. The van der Waals surface area contributed by atoms with Crippen LogP contribution in [0.4, 0.5) is 0 Å². The Balaban J connectivity index is 2.24. The van der Waals surface area contributed by atoms with Crippen LogP contribution in [-0.4, -0.2) is 36.9 Å². The zero-order chi connectivity index (χ0) is 12.0. The van der Waals surface area contributed by atoms with E-state index in [-0.39, 0.29) is 24.0 Å². The van der Waals surface area contributed by atoms with Gasteiger partial charge in [0, 0.05) is 19.8 Å². The van der Waals surface area contributed by atoms with E-state index in [1.54, 1.807) is 0 Å².